The number of benzene rings is 2. The molecule has 0 saturated carbocycles. The van der Waals surface area contributed by atoms with E-state index < -0.39 is 34.4 Å². The number of carbonyl (C=O) groups excluding carboxylic acids is 3. The number of amides is 1. The zero-order valence-electron chi connectivity index (χ0n) is 17.5. The highest BCUT2D eigenvalue weighted by Crippen LogP contribution is 2.45. The van der Waals surface area contributed by atoms with Crippen LogP contribution in [0.5, 0.6) is 0 Å². The second-order valence-electron chi connectivity index (χ2n) is 8.07. The van der Waals surface area contributed by atoms with Gasteiger partial charge >= 0.3 is 5.97 Å². The molecule has 156 valence electrons. The third kappa shape index (κ3) is 2.86. The van der Waals surface area contributed by atoms with Crippen LogP contribution in [0.1, 0.15) is 71.9 Å². The van der Waals surface area contributed by atoms with Crippen molar-refractivity contribution in [2.24, 2.45) is 0 Å². The van der Waals surface area contributed by atoms with E-state index >= 15 is 0 Å². The summed E-state index contributed by atoms with van der Waals surface area (Å²) in [7, 11) is 0. The smallest absolute Gasteiger partial charge is 0.317 e. The molecule has 0 fully saturated rings. The molecule has 1 atom stereocenters. The number of rotatable bonds is 6. The van der Waals surface area contributed by atoms with Gasteiger partial charge in [-0.25, -0.2) is 0 Å². The highest BCUT2D eigenvalue weighted by Gasteiger charge is 2.68. The van der Waals surface area contributed by atoms with Gasteiger partial charge in [0.25, 0.3) is 0 Å². The standard InChI is InChI=1S/C24H25NO5/c1-5-19(26)25-24(20(27)17-11-6-7-12-18(17)21(24)28)23(4,22(29)30)16-10-8-9-15(13-16)14(2)3/h6-14H,5H2,1-4H3,(H,25,26)(H,29,30). The van der Waals surface area contributed by atoms with Crippen LogP contribution in [0.15, 0.2) is 48.5 Å². The highest BCUT2D eigenvalue weighted by molar-refractivity contribution is 6.36. The number of nitrogens with one attached hydrogen (secondary N) is 1. The first kappa shape index (κ1) is 21.4. The summed E-state index contributed by atoms with van der Waals surface area (Å²) < 4.78 is 0. The molecule has 0 saturated heterocycles. The van der Waals surface area contributed by atoms with Crippen molar-refractivity contribution in [2.45, 2.75) is 51.0 Å². The number of ketones is 2. The van der Waals surface area contributed by atoms with Crippen molar-refractivity contribution in [1.29, 1.82) is 0 Å². The van der Waals surface area contributed by atoms with Gasteiger partial charge in [0.1, 0.15) is 5.41 Å². The Morgan fingerprint density at radius 1 is 1.03 bits per heavy atom. The molecule has 0 heterocycles. The SMILES string of the molecule is CCC(=O)NC1(C(C)(C(=O)O)c2cccc(C(C)C)c2)C(=O)c2ccccc2C1=O. The summed E-state index contributed by atoms with van der Waals surface area (Å²) in [6.07, 6.45) is 0.000385. The predicted octanol–water partition coefficient (Wildman–Crippen LogP) is 3.50. The minimum Gasteiger partial charge on any atom is -0.480 e. The summed E-state index contributed by atoms with van der Waals surface area (Å²) in [5.74, 6) is -3.24. The second-order valence-corrected chi connectivity index (χ2v) is 8.07. The number of carboxylic acid groups (broad SMARTS) is 1. The Morgan fingerprint density at radius 2 is 1.60 bits per heavy atom. The van der Waals surface area contributed by atoms with Gasteiger partial charge in [0.15, 0.2) is 17.1 Å². The van der Waals surface area contributed by atoms with Gasteiger partial charge in [-0.3, -0.25) is 19.2 Å². The quantitative estimate of drug-likeness (QED) is 0.714. The van der Waals surface area contributed by atoms with Crippen LogP contribution in [-0.2, 0) is 15.0 Å². The number of Topliss-reactive ketones (excluding diaryl/α,β-unsaturated/α-hetero) is 2. The molecule has 6 heteroatoms. The third-order valence-electron chi connectivity index (χ3n) is 6.05. The van der Waals surface area contributed by atoms with Gasteiger partial charge in [0.05, 0.1) is 0 Å². The highest BCUT2D eigenvalue weighted by atomic mass is 16.4. The maximum absolute atomic E-state index is 13.6. The lowest BCUT2D eigenvalue weighted by Gasteiger charge is -2.41. The maximum Gasteiger partial charge on any atom is 0.317 e. The second kappa shape index (κ2) is 7.52. The summed E-state index contributed by atoms with van der Waals surface area (Å²) in [5, 5.41) is 12.9. The lowest BCUT2D eigenvalue weighted by atomic mass is 9.63. The van der Waals surface area contributed by atoms with Crippen molar-refractivity contribution in [3.63, 3.8) is 0 Å². The van der Waals surface area contributed by atoms with Gasteiger partial charge in [0, 0.05) is 17.5 Å². The Bertz CT molecular complexity index is 1020. The minimum atomic E-state index is -2.27. The molecule has 0 aromatic heterocycles. The van der Waals surface area contributed by atoms with E-state index in [2.05, 4.69) is 5.32 Å². The molecule has 0 spiro atoms. The van der Waals surface area contributed by atoms with Crippen LogP contribution in [-0.4, -0.2) is 34.1 Å². The molecule has 2 aromatic carbocycles. The van der Waals surface area contributed by atoms with E-state index in [-0.39, 0.29) is 29.0 Å². The van der Waals surface area contributed by atoms with Crippen molar-refractivity contribution in [3.8, 4) is 0 Å². The van der Waals surface area contributed by atoms with E-state index in [0.29, 0.717) is 0 Å². The van der Waals surface area contributed by atoms with Gasteiger partial charge in [-0.15, -0.1) is 0 Å². The topological polar surface area (TPSA) is 101 Å². The first-order valence-electron chi connectivity index (χ1n) is 9.94. The number of fused-ring (bicyclic) bond motifs is 1. The van der Waals surface area contributed by atoms with Gasteiger partial charge in [-0.2, -0.15) is 0 Å². The fourth-order valence-corrected chi connectivity index (χ4v) is 4.09. The molecule has 1 aliphatic rings. The van der Waals surface area contributed by atoms with Crippen LogP contribution < -0.4 is 5.32 Å². The Morgan fingerprint density at radius 3 is 2.07 bits per heavy atom. The molecular formula is C24H25NO5. The molecule has 2 N–H and O–H groups in total. The first-order valence-corrected chi connectivity index (χ1v) is 9.94. The summed E-state index contributed by atoms with van der Waals surface area (Å²) >= 11 is 0. The molecule has 0 aliphatic heterocycles. The van der Waals surface area contributed by atoms with Crippen molar-refractivity contribution >= 4 is 23.4 Å². The molecule has 2 aromatic rings. The number of carbonyl (C=O) groups is 4. The van der Waals surface area contributed by atoms with Crippen molar-refractivity contribution in [1.82, 2.24) is 5.32 Å². The molecule has 1 aliphatic carbocycles. The van der Waals surface area contributed by atoms with Crippen LogP contribution in [0.3, 0.4) is 0 Å². The average Bonchev–Trinajstić information content (AvgIpc) is 2.95. The Kier molecular flexibility index (Phi) is 5.37. The van der Waals surface area contributed by atoms with E-state index in [1.807, 2.05) is 19.9 Å². The first-order chi connectivity index (χ1) is 14.1. The lowest BCUT2D eigenvalue weighted by Crippen LogP contribution is -2.70. The average molecular weight is 407 g/mol. The van der Waals surface area contributed by atoms with E-state index in [9.17, 15) is 24.3 Å². The van der Waals surface area contributed by atoms with Gasteiger partial charge in [0.2, 0.25) is 5.91 Å². The van der Waals surface area contributed by atoms with Crippen molar-refractivity contribution < 1.29 is 24.3 Å². The van der Waals surface area contributed by atoms with Crippen molar-refractivity contribution in [2.75, 3.05) is 0 Å². The fraction of sp³-hybridized carbons (Fsp3) is 0.333. The normalized spacial score (nSPS) is 16.8. The molecule has 30 heavy (non-hydrogen) atoms. The van der Waals surface area contributed by atoms with Gasteiger partial charge < -0.3 is 10.4 Å². The maximum atomic E-state index is 13.6. The van der Waals surface area contributed by atoms with Crippen LogP contribution in [0, 0.1) is 0 Å². The third-order valence-corrected chi connectivity index (χ3v) is 6.05. The van der Waals surface area contributed by atoms with Crippen LogP contribution >= 0.6 is 0 Å². The molecule has 0 radical (unpaired) electrons. The molecular weight excluding hydrogens is 382 g/mol. The van der Waals surface area contributed by atoms with Crippen molar-refractivity contribution in [3.05, 3.63) is 70.8 Å². The number of carboxylic acids is 1. The Balaban J connectivity index is 2.36. The Labute approximate surface area is 175 Å². The zero-order valence-corrected chi connectivity index (χ0v) is 17.5. The van der Waals surface area contributed by atoms with Gasteiger partial charge in [-0.1, -0.05) is 69.3 Å². The van der Waals surface area contributed by atoms with Crippen LogP contribution in [0.25, 0.3) is 0 Å². The summed E-state index contributed by atoms with van der Waals surface area (Å²) in [6.45, 7) is 6.85. The number of hydrogen-bond acceptors (Lipinski definition) is 4. The van der Waals surface area contributed by atoms with E-state index in [0.717, 1.165) is 5.56 Å². The molecule has 1 unspecified atom stereocenters. The Hall–Kier alpha value is -3.28. The van der Waals surface area contributed by atoms with Crippen LogP contribution in [0.2, 0.25) is 0 Å². The van der Waals surface area contributed by atoms with Crippen LogP contribution in [0.4, 0.5) is 0 Å². The summed E-state index contributed by atoms with van der Waals surface area (Å²) in [6, 6.07) is 13.0. The fourth-order valence-electron chi connectivity index (χ4n) is 4.09. The summed E-state index contributed by atoms with van der Waals surface area (Å²) in [4.78, 5) is 52.5. The number of hydrogen-bond donors (Lipinski definition) is 2. The predicted molar refractivity (Wildman–Crippen MR) is 112 cm³/mol. The molecule has 3 rings (SSSR count). The molecule has 6 nitrogen and oxygen atoms in total. The lowest BCUT2D eigenvalue weighted by molar-refractivity contribution is -0.145. The van der Waals surface area contributed by atoms with E-state index in [1.54, 1.807) is 37.3 Å². The largest absolute Gasteiger partial charge is 0.480 e. The number of aliphatic carboxylic acids is 1. The van der Waals surface area contributed by atoms with Gasteiger partial charge in [-0.05, 0) is 24.0 Å². The monoisotopic (exact) mass is 407 g/mol. The zero-order chi connectivity index (χ0) is 22.3. The summed E-state index contributed by atoms with van der Waals surface area (Å²) in [5.41, 5.74) is -2.90. The van der Waals surface area contributed by atoms with E-state index in [1.165, 1.54) is 19.1 Å². The molecule has 1 amide bonds. The minimum absolute atomic E-state index is 0.000385. The van der Waals surface area contributed by atoms with E-state index in [4.69, 9.17) is 0 Å². The molecule has 0 bridgehead atoms.